The summed E-state index contributed by atoms with van der Waals surface area (Å²) in [7, 11) is 0. The second-order valence-corrected chi connectivity index (χ2v) is 3.91. The van der Waals surface area contributed by atoms with Crippen LogP contribution in [0.4, 0.5) is 0 Å². The van der Waals surface area contributed by atoms with E-state index in [2.05, 4.69) is 18.7 Å². The minimum absolute atomic E-state index is 0.161. The normalized spacial score (nSPS) is 25.1. The van der Waals surface area contributed by atoms with Crippen LogP contribution >= 0.6 is 0 Å². The first-order valence-corrected chi connectivity index (χ1v) is 4.62. The Bertz CT molecular complexity index is 168. The smallest absolute Gasteiger partial charge is 0.217 e. The second kappa shape index (κ2) is 3.90. The van der Waals surface area contributed by atoms with Crippen molar-refractivity contribution in [2.24, 2.45) is 11.7 Å². The fourth-order valence-electron chi connectivity index (χ4n) is 1.78. The van der Waals surface area contributed by atoms with E-state index < -0.39 is 0 Å². The molecule has 0 bridgehead atoms. The minimum atomic E-state index is -0.161. The van der Waals surface area contributed by atoms with Gasteiger partial charge in [-0.15, -0.1) is 0 Å². The fraction of sp³-hybridized carbons (Fsp3) is 0.889. The van der Waals surface area contributed by atoms with Gasteiger partial charge in [0.15, 0.2) is 0 Å². The summed E-state index contributed by atoms with van der Waals surface area (Å²) in [5, 5.41) is 0. The van der Waals surface area contributed by atoms with Gasteiger partial charge in [-0.1, -0.05) is 0 Å². The topological polar surface area (TPSA) is 46.3 Å². The molecule has 3 heteroatoms. The molecule has 1 fully saturated rings. The maximum absolute atomic E-state index is 10.6. The van der Waals surface area contributed by atoms with E-state index in [-0.39, 0.29) is 5.91 Å². The molecule has 2 N–H and O–H groups in total. The number of carbonyl (C=O) groups excluding carboxylic acids is 1. The van der Waals surface area contributed by atoms with Crippen LogP contribution in [0.2, 0.25) is 0 Å². The van der Waals surface area contributed by atoms with Crippen LogP contribution in [0.15, 0.2) is 0 Å². The maximum atomic E-state index is 10.6. The van der Waals surface area contributed by atoms with Gasteiger partial charge in [-0.05, 0) is 32.7 Å². The van der Waals surface area contributed by atoms with Gasteiger partial charge in [0.05, 0.1) is 0 Å². The fourth-order valence-corrected chi connectivity index (χ4v) is 1.78. The van der Waals surface area contributed by atoms with Crippen molar-refractivity contribution in [2.45, 2.75) is 32.7 Å². The van der Waals surface area contributed by atoms with Crippen molar-refractivity contribution in [3.8, 4) is 0 Å². The van der Waals surface area contributed by atoms with Crippen molar-refractivity contribution in [1.29, 1.82) is 0 Å². The summed E-state index contributed by atoms with van der Waals surface area (Å²) in [4.78, 5) is 13.0. The molecule has 0 aromatic carbocycles. The third-order valence-electron chi connectivity index (χ3n) is 2.54. The number of carbonyl (C=O) groups is 1. The average Bonchev–Trinajstić information content (AvgIpc) is 2.34. The quantitative estimate of drug-likeness (QED) is 0.674. The van der Waals surface area contributed by atoms with Crippen LogP contribution in [0.25, 0.3) is 0 Å². The lowest BCUT2D eigenvalue weighted by Gasteiger charge is -2.19. The molecule has 12 heavy (non-hydrogen) atoms. The molecule has 1 atom stereocenters. The van der Waals surface area contributed by atoms with Crippen LogP contribution < -0.4 is 5.73 Å². The first kappa shape index (κ1) is 9.52. The number of nitrogens with zero attached hydrogens (tertiary/aromatic N) is 1. The van der Waals surface area contributed by atoms with E-state index in [9.17, 15) is 4.79 Å². The third kappa shape index (κ3) is 2.48. The number of rotatable bonds is 3. The molecule has 1 rings (SSSR count). The van der Waals surface area contributed by atoms with E-state index in [1.54, 1.807) is 0 Å². The molecular weight excluding hydrogens is 152 g/mol. The minimum Gasteiger partial charge on any atom is -0.370 e. The van der Waals surface area contributed by atoms with Crippen LogP contribution in [0, 0.1) is 5.92 Å². The number of amides is 1. The summed E-state index contributed by atoms with van der Waals surface area (Å²) in [6, 6.07) is 0.600. The lowest BCUT2D eigenvalue weighted by Crippen LogP contribution is -2.28. The summed E-state index contributed by atoms with van der Waals surface area (Å²) in [5.41, 5.74) is 5.14. The van der Waals surface area contributed by atoms with Gasteiger partial charge in [-0.3, -0.25) is 4.79 Å². The Kier molecular flexibility index (Phi) is 3.09. The molecule has 0 spiro atoms. The van der Waals surface area contributed by atoms with Crippen molar-refractivity contribution >= 4 is 5.91 Å². The van der Waals surface area contributed by atoms with Crippen molar-refractivity contribution in [2.75, 3.05) is 13.1 Å². The van der Waals surface area contributed by atoms with E-state index >= 15 is 0 Å². The summed E-state index contributed by atoms with van der Waals surface area (Å²) < 4.78 is 0. The Morgan fingerprint density at radius 1 is 1.67 bits per heavy atom. The molecule has 0 aliphatic carbocycles. The molecule has 70 valence electrons. The molecule has 1 aliphatic rings. The number of hydrogen-bond donors (Lipinski definition) is 1. The predicted molar refractivity (Wildman–Crippen MR) is 48.6 cm³/mol. The Hall–Kier alpha value is -0.570. The monoisotopic (exact) mass is 170 g/mol. The maximum Gasteiger partial charge on any atom is 0.217 e. The second-order valence-electron chi connectivity index (χ2n) is 3.91. The number of primary amides is 1. The van der Waals surface area contributed by atoms with Crippen molar-refractivity contribution < 1.29 is 4.79 Å². The van der Waals surface area contributed by atoms with E-state index in [1.807, 2.05) is 0 Å². The zero-order chi connectivity index (χ0) is 9.14. The van der Waals surface area contributed by atoms with Gasteiger partial charge in [0.25, 0.3) is 0 Å². The molecule has 0 radical (unpaired) electrons. The highest BCUT2D eigenvalue weighted by atomic mass is 16.1. The first-order valence-electron chi connectivity index (χ1n) is 4.62. The van der Waals surface area contributed by atoms with Gasteiger partial charge in [-0.25, -0.2) is 0 Å². The predicted octanol–water partition coefficient (Wildman–Crippen LogP) is 0.592. The van der Waals surface area contributed by atoms with Gasteiger partial charge in [0.1, 0.15) is 0 Å². The Balaban J connectivity index is 2.30. The molecule has 0 saturated carbocycles. The van der Waals surface area contributed by atoms with Gasteiger partial charge in [0.2, 0.25) is 5.91 Å². The zero-order valence-corrected chi connectivity index (χ0v) is 7.92. The lowest BCUT2D eigenvalue weighted by molar-refractivity contribution is -0.118. The van der Waals surface area contributed by atoms with Crippen molar-refractivity contribution in [1.82, 2.24) is 4.90 Å². The third-order valence-corrected chi connectivity index (χ3v) is 2.54. The largest absolute Gasteiger partial charge is 0.370 e. The van der Waals surface area contributed by atoms with Crippen molar-refractivity contribution in [3.05, 3.63) is 0 Å². The van der Waals surface area contributed by atoms with Crippen LogP contribution in [-0.4, -0.2) is 29.9 Å². The molecule has 3 nitrogen and oxygen atoms in total. The van der Waals surface area contributed by atoms with E-state index in [1.165, 1.54) is 0 Å². The first-order chi connectivity index (χ1) is 5.59. The van der Waals surface area contributed by atoms with Crippen LogP contribution in [-0.2, 0) is 4.79 Å². The SMILES string of the molecule is CC(C)N1CCC(CC(N)=O)C1. The van der Waals surface area contributed by atoms with Gasteiger partial charge < -0.3 is 10.6 Å². The van der Waals surface area contributed by atoms with Crippen LogP contribution in [0.1, 0.15) is 26.7 Å². The highest BCUT2D eigenvalue weighted by Gasteiger charge is 2.24. The van der Waals surface area contributed by atoms with Crippen molar-refractivity contribution in [3.63, 3.8) is 0 Å². The average molecular weight is 170 g/mol. The highest BCUT2D eigenvalue weighted by Crippen LogP contribution is 2.20. The molecule has 0 aromatic rings. The summed E-state index contributed by atoms with van der Waals surface area (Å²) in [6.07, 6.45) is 1.68. The molecule has 1 heterocycles. The molecule has 1 unspecified atom stereocenters. The molecule has 1 aliphatic heterocycles. The summed E-state index contributed by atoms with van der Waals surface area (Å²) in [6.45, 7) is 6.54. The van der Waals surface area contributed by atoms with E-state index in [0.717, 1.165) is 19.5 Å². The molecule has 1 saturated heterocycles. The molecular formula is C9H18N2O. The number of likely N-dealkylation sites (tertiary alicyclic amines) is 1. The summed E-state index contributed by atoms with van der Waals surface area (Å²) in [5.74, 6) is 0.343. The Morgan fingerprint density at radius 3 is 2.75 bits per heavy atom. The van der Waals surface area contributed by atoms with Crippen LogP contribution in [0.3, 0.4) is 0 Å². The molecule has 0 aromatic heterocycles. The highest BCUT2D eigenvalue weighted by molar-refractivity contribution is 5.74. The van der Waals surface area contributed by atoms with E-state index in [0.29, 0.717) is 18.4 Å². The van der Waals surface area contributed by atoms with Gasteiger partial charge >= 0.3 is 0 Å². The van der Waals surface area contributed by atoms with Crippen LogP contribution in [0.5, 0.6) is 0 Å². The summed E-state index contributed by atoms with van der Waals surface area (Å²) >= 11 is 0. The Morgan fingerprint density at radius 2 is 2.33 bits per heavy atom. The van der Waals surface area contributed by atoms with Gasteiger partial charge in [-0.2, -0.15) is 0 Å². The number of nitrogens with two attached hydrogens (primary N) is 1. The zero-order valence-electron chi connectivity index (χ0n) is 7.92. The standard InChI is InChI=1S/C9H18N2O/c1-7(2)11-4-3-8(6-11)5-9(10)12/h7-8H,3-6H2,1-2H3,(H2,10,12). The van der Waals surface area contributed by atoms with E-state index in [4.69, 9.17) is 5.73 Å². The molecule has 1 amide bonds. The Labute approximate surface area is 73.9 Å². The lowest BCUT2D eigenvalue weighted by atomic mass is 10.1. The number of hydrogen-bond acceptors (Lipinski definition) is 2. The van der Waals surface area contributed by atoms with Gasteiger partial charge in [0, 0.05) is 19.0 Å².